The molecule has 0 N–H and O–H groups in total. The number of hydrogen-bond acceptors (Lipinski definition) is 0. The summed E-state index contributed by atoms with van der Waals surface area (Å²) in [5, 5.41) is 0. The summed E-state index contributed by atoms with van der Waals surface area (Å²) in [4.78, 5) is 0. The molecule has 1 heteroatoms. The highest BCUT2D eigenvalue weighted by molar-refractivity contribution is 5.75. The van der Waals surface area contributed by atoms with E-state index in [2.05, 4.69) is 27.4 Å². The molecule has 39 valence electrons. The largest absolute Gasteiger partial charge is 0.103 e. The normalized spacial score (nSPS) is 9.57. The van der Waals surface area contributed by atoms with E-state index in [1.807, 2.05) is 6.08 Å². The van der Waals surface area contributed by atoms with Crippen LogP contribution in [-0.2, 0) is 0 Å². The molecule has 0 bridgehead atoms. The lowest BCUT2D eigenvalue weighted by Gasteiger charge is -2.08. The SMILES string of the molecule is C=CC(C)(C)C.[B]. The van der Waals surface area contributed by atoms with Crippen LogP contribution in [0, 0.1) is 5.41 Å². The van der Waals surface area contributed by atoms with E-state index in [0.29, 0.717) is 5.41 Å². The Morgan fingerprint density at radius 2 is 1.43 bits per heavy atom. The molecule has 0 nitrogen and oxygen atoms in total. The summed E-state index contributed by atoms with van der Waals surface area (Å²) >= 11 is 0. The second-order valence-corrected chi connectivity index (χ2v) is 2.57. The molecule has 0 spiro atoms. The summed E-state index contributed by atoms with van der Waals surface area (Å²) in [6.07, 6.45) is 1.94. The van der Waals surface area contributed by atoms with Crippen LogP contribution in [0.1, 0.15) is 20.8 Å². The lowest BCUT2D eigenvalue weighted by Crippen LogP contribution is -1.96. The molecule has 0 aromatic heterocycles. The summed E-state index contributed by atoms with van der Waals surface area (Å²) in [5.41, 5.74) is 0.306. The van der Waals surface area contributed by atoms with Crippen molar-refractivity contribution in [2.75, 3.05) is 0 Å². The van der Waals surface area contributed by atoms with Crippen LogP contribution in [-0.4, -0.2) is 8.41 Å². The smallest absolute Gasteiger partial charge is 0 e. The van der Waals surface area contributed by atoms with Gasteiger partial charge in [-0.1, -0.05) is 26.8 Å². The molecule has 0 rings (SSSR count). The van der Waals surface area contributed by atoms with Crippen molar-refractivity contribution in [3.63, 3.8) is 0 Å². The third-order valence-corrected chi connectivity index (χ3v) is 0.612. The van der Waals surface area contributed by atoms with Gasteiger partial charge in [0.15, 0.2) is 0 Å². The maximum atomic E-state index is 3.63. The highest BCUT2D eigenvalue weighted by Crippen LogP contribution is 2.11. The lowest BCUT2D eigenvalue weighted by molar-refractivity contribution is 0.546. The van der Waals surface area contributed by atoms with E-state index in [1.165, 1.54) is 0 Å². The Balaban J connectivity index is 0. The highest BCUT2D eigenvalue weighted by Gasteiger charge is 1.99. The Kier molecular flexibility index (Phi) is 4.11. The van der Waals surface area contributed by atoms with Gasteiger partial charge < -0.3 is 0 Å². The molecule has 0 heterocycles. The molecular weight excluding hydrogens is 82.9 g/mol. The van der Waals surface area contributed by atoms with Gasteiger partial charge in [-0.2, -0.15) is 0 Å². The first-order valence-electron chi connectivity index (χ1n) is 2.20. The fourth-order valence-corrected chi connectivity index (χ4v) is 0. The topological polar surface area (TPSA) is 0 Å². The first-order chi connectivity index (χ1) is 2.56. The van der Waals surface area contributed by atoms with Crippen molar-refractivity contribution in [3.05, 3.63) is 12.7 Å². The van der Waals surface area contributed by atoms with Gasteiger partial charge in [-0.25, -0.2) is 0 Å². The van der Waals surface area contributed by atoms with E-state index >= 15 is 0 Å². The van der Waals surface area contributed by atoms with Gasteiger partial charge in [0.25, 0.3) is 0 Å². The van der Waals surface area contributed by atoms with Gasteiger partial charge in [-0.15, -0.1) is 6.58 Å². The van der Waals surface area contributed by atoms with Gasteiger partial charge in [-0.3, -0.25) is 0 Å². The Labute approximate surface area is 48.2 Å². The molecule has 0 amide bonds. The number of allylic oxidation sites excluding steroid dienone is 1. The summed E-state index contributed by atoms with van der Waals surface area (Å²) in [7, 11) is 0. The number of rotatable bonds is 0. The second kappa shape index (κ2) is 2.89. The van der Waals surface area contributed by atoms with E-state index in [-0.39, 0.29) is 8.41 Å². The zero-order chi connectivity index (χ0) is 5.21. The predicted molar refractivity (Wildman–Crippen MR) is 35.4 cm³/mol. The quantitative estimate of drug-likeness (QED) is 0.318. The molecule has 0 atom stereocenters. The van der Waals surface area contributed by atoms with Crippen LogP contribution >= 0.6 is 0 Å². The van der Waals surface area contributed by atoms with Crippen molar-refractivity contribution in [2.24, 2.45) is 5.41 Å². The average molecular weight is 95.0 g/mol. The fraction of sp³-hybridized carbons (Fsp3) is 0.667. The maximum Gasteiger partial charge on any atom is 0 e. The summed E-state index contributed by atoms with van der Waals surface area (Å²) in [6.45, 7) is 10.0. The molecule has 3 radical (unpaired) electrons. The van der Waals surface area contributed by atoms with Gasteiger partial charge in [0.05, 0.1) is 0 Å². The molecular formula is C6H12B. The number of hydrogen-bond donors (Lipinski definition) is 0. The van der Waals surface area contributed by atoms with E-state index in [9.17, 15) is 0 Å². The van der Waals surface area contributed by atoms with Crippen molar-refractivity contribution in [1.29, 1.82) is 0 Å². The van der Waals surface area contributed by atoms with Gasteiger partial charge >= 0.3 is 0 Å². The van der Waals surface area contributed by atoms with Gasteiger partial charge in [0, 0.05) is 8.41 Å². The molecule has 0 saturated carbocycles. The van der Waals surface area contributed by atoms with Crippen LogP contribution in [0.3, 0.4) is 0 Å². The van der Waals surface area contributed by atoms with Crippen LogP contribution in [0.5, 0.6) is 0 Å². The van der Waals surface area contributed by atoms with Crippen LogP contribution in [0.2, 0.25) is 0 Å². The van der Waals surface area contributed by atoms with E-state index in [0.717, 1.165) is 0 Å². The lowest BCUT2D eigenvalue weighted by atomic mass is 9.98. The van der Waals surface area contributed by atoms with E-state index in [1.54, 1.807) is 0 Å². The predicted octanol–water partition coefficient (Wildman–Crippen LogP) is 1.84. The van der Waals surface area contributed by atoms with Gasteiger partial charge in [0.1, 0.15) is 0 Å². The molecule has 0 aromatic carbocycles. The third-order valence-electron chi connectivity index (χ3n) is 0.612. The van der Waals surface area contributed by atoms with Crippen LogP contribution in [0.25, 0.3) is 0 Å². The molecule has 0 saturated heterocycles. The van der Waals surface area contributed by atoms with Crippen LogP contribution in [0.15, 0.2) is 12.7 Å². The van der Waals surface area contributed by atoms with Crippen molar-refractivity contribution in [2.45, 2.75) is 20.8 Å². The molecule has 7 heavy (non-hydrogen) atoms. The zero-order valence-corrected chi connectivity index (χ0v) is 5.36. The Morgan fingerprint density at radius 3 is 1.43 bits per heavy atom. The van der Waals surface area contributed by atoms with Crippen molar-refractivity contribution >= 4 is 8.41 Å². The first-order valence-corrected chi connectivity index (χ1v) is 2.20. The molecule has 0 fully saturated rings. The van der Waals surface area contributed by atoms with E-state index in [4.69, 9.17) is 0 Å². The Hall–Kier alpha value is -0.195. The first kappa shape index (κ1) is 9.93. The minimum absolute atomic E-state index is 0. The van der Waals surface area contributed by atoms with Crippen molar-refractivity contribution in [1.82, 2.24) is 0 Å². The minimum Gasteiger partial charge on any atom is -0.103 e. The third kappa shape index (κ3) is 10.7. The highest BCUT2D eigenvalue weighted by atomic mass is 14.0. The Morgan fingerprint density at radius 1 is 1.29 bits per heavy atom. The van der Waals surface area contributed by atoms with Crippen LogP contribution in [0.4, 0.5) is 0 Å². The molecule has 0 aliphatic rings. The fourth-order valence-electron chi connectivity index (χ4n) is 0. The molecule has 0 unspecified atom stereocenters. The monoisotopic (exact) mass is 95.1 g/mol. The molecule has 0 aliphatic carbocycles. The van der Waals surface area contributed by atoms with Crippen molar-refractivity contribution in [3.8, 4) is 0 Å². The van der Waals surface area contributed by atoms with Crippen LogP contribution < -0.4 is 0 Å². The van der Waals surface area contributed by atoms with Gasteiger partial charge in [-0.05, 0) is 5.41 Å². The second-order valence-electron chi connectivity index (χ2n) is 2.57. The summed E-state index contributed by atoms with van der Waals surface area (Å²) < 4.78 is 0. The summed E-state index contributed by atoms with van der Waals surface area (Å²) in [5.74, 6) is 0. The Bertz CT molecular complexity index is 49.7. The molecule has 0 aromatic rings. The summed E-state index contributed by atoms with van der Waals surface area (Å²) in [6, 6.07) is 0. The zero-order valence-electron chi connectivity index (χ0n) is 5.36. The van der Waals surface area contributed by atoms with Gasteiger partial charge in [0.2, 0.25) is 0 Å². The minimum atomic E-state index is 0. The van der Waals surface area contributed by atoms with Crippen molar-refractivity contribution < 1.29 is 0 Å². The molecule has 0 aliphatic heterocycles. The standard InChI is InChI=1S/C6H12.B/c1-5-6(2,3)4;/h5H,1H2,2-4H3;. The van der Waals surface area contributed by atoms with E-state index < -0.39 is 0 Å². The maximum absolute atomic E-state index is 3.63. The average Bonchev–Trinajstić information content (AvgIpc) is 1.35.